The molecule has 1 N–H and O–H groups in total. The van der Waals surface area contributed by atoms with Gasteiger partial charge in [0.1, 0.15) is 5.82 Å². The first-order valence-corrected chi connectivity index (χ1v) is 5.64. The van der Waals surface area contributed by atoms with Crippen LogP contribution >= 0.6 is 15.9 Å². The van der Waals surface area contributed by atoms with Crippen LogP contribution in [0.3, 0.4) is 0 Å². The second kappa shape index (κ2) is 5.40. The molecule has 1 aromatic heterocycles. The van der Waals surface area contributed by atoms with E-state index in [9.17, 15) is 5.11 Å². The first-order chi connectivity index (χ1) is 6.27. The number of alkyl halides is 1. The Morgan fingerprint density at radius 2 is 2.46 bits per heavy atom. The summed E-state index contributed by atoms with van der Waals surface area (Å²) in [4.78, 5) is 4.23. The van der Waals surface area contributed by atoms with Gasteiger partial charge in [-0.1, -0.05) is 22.9 Å². The van der Waals surface area contributed by atoms with E-state index >= 15 is 0 Å². The van der Waals surface area contributed by atoms with Crippen LogP contribution in [-0.2, 0) is 13.0 Å². The summed E-state index contributed by atoms with van der Waals surface area (Å²) >= 11 is 3.24. The molecule has 1 aromatic rings. The maximum atomic E-state index is 9.43. The normalized spacial score (nSPS) is 13.2. The average molecular weight is 247 g/mol. The number of halogens is 1. The van der Waals surface area contributed by atoms with Gasteiger partial charge in [0, 0.05) is 24.1 Å². The van der Waals surface area contributed by atoms with Gasteiger partial charge in [-0.2, -0.15) is 0 Å². The molecule has 0 amide bonds. The Labute approximate surface area is 86.9 Å². The molecule has 0 fully saturated rings. The summed E-state index contributed by atoms with van der Waals surface area (Å²) in [5.74, 6) is 1.06. The van der Waals surface area contributed by atoms with E-state index in [1.54, 1.807) is 6.20 Å². The van der Waals surface area contributed by atoms with E-state index in [2.05, 4.69) is 27.8 Å². The second-order valence-electron chi connectivity index (χ2n) is 3.05. The van der Waals surface area contributed by atoms with Crippen molar-refractivity contribution in [2.24, 2.45) is 0 Å². The van der Waals surface area contributed by atoms with E-state index < -0.39 is 0 Å². The van der Waals surface area contributed by atoms with E-state index in [0.29, 0.717) is 11.9 Å². The van der Waals surface area contributed by atoms with E-state index in [1.807, 2.05) is 10.8 Å². The third-order valence-electron chi connectivity index (χ3n) is 1.86. The molecule has 1 heterocycles. The number of rotatable bonds is 5. The minimum absolute atomic E-state index is 0.329. The van der Waals surface area contributed by atoms with Crippen LogP contribution in [-0.4, -0.2) is 26.1 Å². The van der Waals surface area contributed by atoms with Crippen molar-refractivity contribution in [1.82, 2.24) is 9.55 Å². The molecule has 13 heavy (non-hydrogen) atoms. The number of hydrogen-bond donors (Lipinski definition) is 1. The summed E-state index contributed by atoms with van der Waals surface area (Å²) in [5, 5.41) is 10.0. The van der Waals surface area contributed by atoms with Gasteiger partial charge in [-0.25, -0.2) is 4.98 Å². The summed E-state index contributed by atoms with van der Waals surface area (Å²) in [6.45, 7) is 2.75. The monoisotopic (exact) mass is 246 g/mol. The highest BCUT2D eigenvalue weighted by Crippen LogP contribution is 2.03. The number of imidazole rings is 1. The largest absolute Gasteiger partial charge is 0.390 e. The molecule has 4 heteroatoms. The van der Waals surface area contributed by atoms with Gasteiger partial charge in [0.05, 0.1) is 12.6 Å². The zero-order valence-electron chi connectivity index (χ0n) is 7.78. The van der Waals surface area contributed by atoms with Crippen molar-refractivity contribution in [1.29, 1.82) is 0 Å². The number of aryl methyl sites for hydroxylation is 1. The zero-order chi connectivity index (χ0) is 9.68. The van der Waals surface area contributed by atoms with E-state index in [1.165, 1.54) is 0 Å². The summed E-state index contributed by atoms with van der Waals surface area (Å²) < 4.78 is 2.01. The lowest BCUT2D eigenvalue weighted by Gasteiger charge is -2.10. The van der Waals surface area contributed by atoms with Gasteiger partial charge in [-0.05, 0) is 6.42 Å². The fourth-order valence-corrected chi connectivity index (χ4v) is 1.44. The van der Waals surface area contributed by atoms with Gasteiger partial charge < -0.3 is 9.67 Å². The van der Waals surface area contributed by atoms with Gasteiger partial charge in [-0.15, -0.1) is 0 Å². The Balaban J connectivity index is 2.59. The first-order valence-electron chi connectivity index (χ1n) is 4.52. The van der Waals surface area contributed by atoms with Crippen molar-refractivity contribution in [3.05, 3.63) is 18.2 Å². The molecule has 0 radical (unpaired) electrons. The lowest BCUT2D eigenvalue weighted by atomic mass is 10.3. The molecule has 1 atom stereocenters. The third kappa shape index (κ3) is 3.12. The summed E-state index contributed by atoms with van der Waals surface area (Å²) in [7, 11) is 0. The minimum atomic E-state index is -0.329. The molecule has 0 aliphatic heterocycles. The highest BCUT2D eigenvalue weighted by molar-refractivity contribution is 9.09. The van der Waals surface area contributed by atoms with E-state index in [-0.39, 0.29) is 6.10 Å². The molecule has 0 aliphatic carbocycles. The van der Waals surface area contributed by atoms with Crippen molar-refractivity contribution in [2.75, 3.05) is 5.33 Å². The SMILES string of the molecule is CCCc1nccn1CC(O)CBr. The number of aliphatic hydroxyl groups is 1. The summed E-state index contributed by atoms with van der Waals surface area (Å²) in [6.07, 6.45) is 5.43. The van der Waals surface area contributed by atoms with Crippen LogP contribution in [0, 0.1) is 0 Å². The molecule has 0 aliphatic rings. The average Bonchev–Trinajstić information content (AvgIpc) is 2.54. The van der Waals surface area contributed by atoms with Crippen LogP contribution in [0.2, 0.25) is 0 Å². The molecule has 74 valence electrons. The van der Waals surface area contributed by atoms with Gasteiger partial charge in [0.2, 0.25) is 0 Å². The molecule has 0 spiro atoms. The van der Waals surface area contributed by atoms with Crippen LogP contribution in [0.15, 0.2) is 12.4 Å². The molecule has 0 saturated heterocycles. The maximum Gasteiger partial charge on any atom is 0.108 e. The molecule has 1 unspecified atom stereocenters. The second-order valence-corrected chi connectivity index (χ2v) is 3.70. The van der Waals surface area contributed by atoms with Crippen molar-refractivity contribution >= 4 is 15.9 Å². The molecular weight excluding hydrogens is 232 g/mol. The quantitative estimate of drug-likeness (QED) is 0.802. The predicted octanol–water partition coefficient (Wildman–Crippen LogP) is 1.59. The maximum absolute atomic E-state index is 9.43. The smallest absolute Gasteiger partial charge is 0.108 e. The van der Waals surface area contributed by atoms with Crippen LogP contribution in [0.4, 0.5) is 0 Å². The van der Waals surface area contributed by atoms with Crippen LogP contribution in [0.25, 0.3) is 0 Å². The van der Waals surface area contributed by atoms with E-state index in [4.69, 9.17) is 0 Å². The van der Waals surface area contributed by atoms with Gasteiger partial charge in [0.15, 0.2) is 0 Å². The Morgan fingerprint density at radius 1 is 1.69 bits per heavy atom. The van der Waals surface area contributed by atoms with Crippen LogP contribution in [0.1, 0.15) is 19.2 Å². The Morgan fingerprint density at radius 3 is 3.08 bits per heavy atom. The molecule has 1 rings (SSSR count). The third-order valence-corrected chi connectivity index (χ3v) is 2.61. The van der Waals surface area contributed by atoms with Crippen molar-refractivity contribution in [3.63, 3.8) is 0 Å². The Hall–Kier alpha value is -0.350. The molecule has 0 saturated carbocycles. The zero-order valence-corrected chi connectivity index (χ0v) is 9.37. The topological polar surface area (TPSA) is 38.0 Å². The van der Waals surface area contributed by atoms with Crippen molar-refractivity contribution < 1.29 is 5.11 Å². The number of hydrogen-bond acceptors (Lipinski definition) is 2. The first kappa shape index (κ1) is 10.7. The summed E-state index contributed by atoms with van der Waals surface area (Å²) in [6, 6.07) is 0. The molecular formula is C9H15BrN2O. The van der Waals surface area contributed by atoms with Crippen LogP contribution in [0.5, 0.6) is 0 Å². The van der Waals surface area contributed by atoms with Crippen molar-refractivity contribution in [3.8, 4) is 0 Å². The number of nitrogens with zero attached hydrogens (tertiary/aromatic N) is 2. The minimum Gasteiger partial charge on any atom is -0.390 e. The lowest BCUT2D eigenvalue weighted by Crippen LogP contribution is -2.18. The molecule has 3 nitrogen and oxygen atoms in total. The lowest BCUT2D eigenvalue weighted by molar-refractivity contribution is 0.178. The fraction of sp³-hybridized carbons (Fsp3) is 0.667. The molecule has 0 aromatic carbocycles. The van der Waals surface area contributed by atoms with E-state index in [0.717, 1.165) is 18.7 Å². The summed E-state index contributed by atoms with van der Waals surface area (Å²) in [5.41, 5.74) is 0. The Bertz CT molecular complexity index is 250. The van der Waals surface area contributed by atoms with Gasteiger partial charge >= 0.3 is 0 Å². The van der Waals surface area contributed by atoms with Crippen molar-refractivity contribution in [2.45, 2.75) is 32.4 Å². The van der Waals surface area contributed by atoms with Crippen LogP contribution < -0.4 is 0 Å². The van der Waals surface area contributed by atoms with Gasteiger partial charge in [0.25, 0.3) is 0 Å². The number of aliphatic hydroxyl groups excluding tert-OH is 1. The predicted molar refractivity (Wildman–Crippen MR) is 56.0 cm³/mol. The Kier molecular flexibility index (Phi) is 4.45. The standard InChI is InChI=1S/C9H15BrN2O/c1-2-3-9-11-4-5-12(9)7-8(13)6-10/h4-5,8,13H,2-3,6-7H2,1H3. The molecule has 0 bridgehead atoms. The van der Waals surface area contributed by atoms with Gasteiger partial charge in [-0.3, -0.25) is 0 Å². The highest BCUT2D eigenvalue weighted by Gasteiger charge is 2.06. The fourth-order valence-electron chi connectivity index (χ4n) is 1.23. The number of aromatic nitrogens is 2. The highest BCUT2D eigenvalue weighted by atomic mass is 79.9.